The molecule has 154 valence electrons. The van der Waals surface area contributed by atoms with E-state index in [0.29, 0.717) is 32.6 Å². The van der Waals surface area contributed by atoms with Gasteiger partial charge in [-0.25, -0.2) is 8.42 Å². The Morgan fingerprint density at radius 3 is 2.31 bits per heavy atom. The Hall–Kier alpha value is -2.64. The number of methoxy groups -OCH3 is 1. The van der Waals surface area contributed by atoms with E-state index in [9.17, 15) is 13.2 Å². The third-order valence-corrected chi connectivity index (χ3v) is 6.91. The van der Waals surface area contributed by atoms with Gasteiger partial charge in [0.2, 0.25) is 10.0 Å². The van der Waals surface area contributed by atoms with E-state index in [2.05, 4.69) is 4.90 Å². The van der Waals surface area contributed by atoms with Gasteiger partial charge in [-0.3, -0.25) is 4.79 Å². The number of hydrogen-bond acceptors (Lipinski definition) is 5. The molecule has 2 aromatic rings. The Labute approximate surface area is 172 Å². The zero-order valence-corrected chi connectivity index (χ0v) is 17.6. The molecular weight excluding hydrogens is 388 g/mol. The van der Waals surface area contributed by atoms with Gasteiger partial charge in [-0.2, -0.15) is 4.31 Å². The van der Waals surface area contributed by atoms with Crippen molar-refractivity contribution >= 4 is 27.6 Å². The summed E-state index contributed by atoms with van der Waals surface area (Å²) < 4.78 is 32.9. The van der Waals surface area contributed by atoms with E-state index in [1.807, 2.05) is 24.3 Å². The van der Waals surface area contributed by atoms with Crippen LogP contribution in [0.1, 0.15) is 18.9 Å². The standard InChI is InChI=1S/C22H26N2O4S/c1-3-19(25)11-8-18-9-12-20(13-10-18)29(26,27)24-16-14-23(15-17-24)21-6-4-5-7-22(21)28-2/h4-13H,3,14-17H2,1-2H3/b11-8+. The van der Waals surface area contributed by atoms with Crippen LogP contribution in [0, 0.1) is 0 Å². The molecule has 3 rings (SSSR count). The van der Waals surface area contributed by atoms with Gasteiger partial charge in [0.15, 0.2) is 5.78 Å². The Morgan fingerprint density at radius 1 is 1.03 bits per heavy atom. The number of nitrogens with zero attached hydrogens (tertiary/aromatic N) is 2. The zero-order valence-electron chi connectivity index (χ0n) is 16.7. The van der Waals surface area contributed by atoms with Crippen LogP contribution in [0.25, 0.3) is 6.08 Å². The summed E-state index contributed by atoms with van der Waals surface area (Å²) in [6.07, 6.45) is 3.67. The first-order valence-corrected chi connectivity index (χ1v) is 11.1. The maximum Gasteiger partial charge on any atom is 0.243 e. The van der Waals surface area contributed by atoms with Gasteiger partial charge in [-0.05, 0) is 35.9 Å². The first-order valence-electron chi connectivity index (χ1n) is 9.65. The highest BCUT2D eigenvalue weighted by molar-refractivity contribution is 7.89. The minimum atomic E-state index is -3.55. The van der Waals surface area contributed by atoms with E-state index in [1.54, 1.807) is 44.4 Å². The van der Waals surface area contributed by atoms with Crippen LogP contribution in [0.3, 0.4) is 0 Å². The predicted molar refractivity (Wildman–Crippen MR) is 115 cm³/mol. The number of ketones is 1. The van der Waals surface area contributed by atoms with Gasteiger partial charge in [-0.15, -0.1) is 0 Å². The number of sulfonamides is 1. The fourth-order valence-corrected chi connectivity index (χ4v) is 4.69. The minimum absolute atomic E-state index is 0.0367. The van der Waals surface area contributed by atoms with Gasteiger partial charge >= 0.3 is 0 Å². The largest absolute Gasteiger partial charge is 0.495 e. The lowest BCUT2D eigenvalue weighted by Gasteiger charge is -2.35. The first kappa shape index (κ1) is 21.1. The molecule has 0 aliphatic carbocycles. The number of carbonyl (C=O) groups excluding carboxylic acids is 1. The van der Waals surface area contributed by atoms with Gasteiger partial charge in [0, 0.05) is 32.6 Å². The number of piperazine rings is 1. The molecule has 0 aromatic heterocycles. The molecule has 0 unspecified atom stereocenters. The molecule has 1 aliphatic rings. The highest BCUT2D eigenvalue weighted by atomic mass is 32.2. The Balaban J connectivity index is 1.68. The molecule has 7 heteroatoms. The Morgan fingerprint density at radius 2 is 1.69 bits per heavy atom. The summed E-state index contributed by atoms with van der Waals surface area (Å²) in [7, 11) is -1.92. The molecule has 0 saturated carbocycles. The molecule has 1 heterocycles. The maximum atomic E-state index is 13.0. The monoisotopic (exact) mass is 414 g/mol. The van der Waals surface area contributed by atoms with Crippen molar-refractivity contribution in [2.45, 2.75) is 18.2 Å². The lowest BCUT2D eigenvalue weighted by molar-refractivity contribution is -0.114. The normalized spacial score (nSPS) is 15.6. The number of allylic oxidation sites excluding steroid dienone is 1. The molecule has 0 radical (unpaired) electrons. The number of carbonyl (C=O) groups is 1. The molecule has 1 aliphatic heterocycles. The zero-order chi connectivity index (χ0) is 20.9. The smallest absolute Gasteiger partial charge is 0.243 e. The van der Waals surface area contributed by atoms with Crippen LogP contribution < -0.4 is 9.64 Å². The van der Waals surface area contributed by atoms with Crippen LogP contribution >= 0.6 is 0 Å². The Bertz CT molecular complexity index is 976. The summed E-state index contributed by atoms with van der Waals surface area (Å²) in [5.41, 5.74) is 1.77. The van der Waals surface area contributed by atoms with Gasteiger partial charge in [0.05, 0.1) is 17.7 Å². The summed E-state index contributed by atoms with van der Waals surface area (Å²) in [6, 6.07) is 14.4. The molecule has 2 aromatic carbocycles. The average molecular weight is 415 g/mol. The highest BCUT2D eigenvalue weighted by Crippen LogP contribution is 2.29. The number of benzene rings is 2. The van der Waals surface area contributed by atoms with Crippen LogP contribution in [-0.4, -0.2) is 51.8 Å². The molecular formula is C22H26N2O4S. The van der Waals surface area contributed by atoms with E-state index < -0.39 is 10.0 Å². The van der Waals surface area contributed by atoms with Gasteiger partial charge in [0.25, 0.3) is 0 Å². The molecule has 0 atom stereocenters. The molecule has 0 amide bonds. The lowest BCUT2D eigenvalue weighted by atomic mass is 10.2. The van der Waals surface area contributed by atoms with Crippen molar-refractivity contribution in [1.29, 1.82) is 0 Å². The van der Waals surface area contributed by atoms with Crippen molar-refractivity contribution in [2.24, 2.45) is 0 Å². The molecule has 0 bridgehead atoms. The number of rotatable bonds is 7. The highest BCUT2D eigenvalue weighted by Gasteiger charge is 2.29. The maximum absolute atomic E-state index is 13.0. The van der Waals surface area contributed by atoms with Crippen molar-refractivity contribution in [3.8, 4) is 5.75 Å². The average Bonchev–Trinajstić information content (AvgIpc) is 2.77. The second-order valence-corrected chi connectivity index (χ2v) is 8.72. The summed E-state index contributed by atoms with van der Waals surface area (Å²) in [4.78, 5) is 13.8. The molecule has 1 saturated heterocycles. The summed E-state index contributed by atoms with van der Waals surface area (Å²) in [6.45, 7) is 3.81. The summed E-state index contributed by atoms with van der Waals surface area (Å²) in [5, 5.41) is 0. The van der Waals surface area contributed by atoms with E-state index in [0.717, 1.165) is 17.0 Å². The number of para-hydroxylation sites is 2. The SMILES string of the molecule is CCC(=O)/C=C/c1ccc(S(=O)(=O)N2CCN(c3ccccc3OC)CC2)cc1. The molecule has 29 heavy (non-hydrogen) atoms. The van der Waals surface area contributed by atoms with Crippen LogP contribution in [0.4, 0.5) is 5.69 Å². The van der Waals surface area contributed by atoms with E-state index >= 15 is 0 Å². The summed E-state index contributed by atoms with van der Waals surface area (Å²) >= 11 is 0. The molecule has 0 spiro atoms. The van der Waals surface area contributed by atoms with Crippen molar-refractivity contribution in [3.05, 3.63) is 60.2 Å². The number of anilines is 1. The second-order valence-electron chi connectivity index (χ2n) is 6.79. The third-order valence-electron chi connectivity index (χ3n) is 4.99. The number of ether oxygens (including phenoxy) is 1. The van der Waals surface area contributed by atoms with Crippen LogP contribution in [-0.2, 0) is 14.8 Å². The Kier molecular flexibility index (Phi) is 6.71. The van der Waals surface area contributed by atoms with Crippen molar-refractivity contribution in [3.63, 3.8) is 0 Å². The minimum Gasteiger partial charge on any atom is -0.495 e. The van der Waals surface area contributed by atoms with Crippen molar-refractivity contribution < 1.29 is 17.9 Å². The second kappa shape index (κ2) is 9.24. The fraction of sp³-hybridized carbons (Fsp3) is 0.318. The van der Waals surface area contributed by atoms with Crippen LogP contribution in [0.2, 0.25) is 0 Å². The molecule has 6 nitrogen and oxygen atoms in total. The van der Waals surface area contributed by atoms with E-state index in [-0.39, 0.29) is 10.7 Å². The van der Waals surface area contributed by atoms with E-state index in [1.165, 1.54) is 10.4 Å². The van der Waals surface area contributed by atoms with E-state index in [4.69, 9.17) is 4.74 Å². The topological polar surface area (TPSA) is 66.9 Å². The van der Waals surface area contributed by atoms with Crippen molar-refractivity contribution in [2.75, 3.05) is 38.2 Å². The van der Waals surface area contributed by atoms with Crippen molar-refractivity contribution in [1.82, 2.24) is 4.31 Å². The van der Waals surface area contributed by atoms with Gasteiger partial charge in [-0.1, -0.05) is 37.3 Å². The fourth-order valence-electron chi connectivity index (χ4n) is 3.27. The quantitative estimate of drug-likeness (QED) is 0.651. The molecule has 1 fully saturated rings. The molecule has 0 N–H and O–H groups in total. The van der Waals surface area contributed by atoms with Crippen LogP contribution in [0.15, 0.2) is 59.5 Å². The van der Waals surface area contributed by atoms with Crippen LogP contribution in [0.5, 0.6) is 5.75 Å². The van der Waals surface area contributed by atoms with Gasteiger partial charge < -0.3 is 9.64 Å². The lowest BCUT2D eigenvalue weighted by Crippen LogP contribution is -2.48. The first-order chi connectivity index (χ1) is 14.0. The number of hydrogen-bond donors (Lipinski definition) is 0. The predicted octanol–water partition coefficient (Wildman–Crippen LogP) is 3.20. The summed E-state index contributed by atoms with van der Waals surface area (Å²) in [5.74, 6) is 0.823. The van der Waals surface area contributed by atoms with Gasteiger partial charge in [0.1, 0.15) is 5.75 Å². The third kappa shape index (κ3) is 4.86.